The van der Waals surface area contributed by atoms with Crippen LogP contribution < -0.4 is 5.32 Å². The van der Waals surface area contributed by atoms with Crippen molar-refractivity contribution < 1.29 is 9.59 Å². The monoisotopic (exact) mass is 420 g/mol. The Hall–Kier alpha value is -2.93. The number of nitrogens with zero attached hydrogens (tertiary/aromatic N) is 3. The van der Waals surface area contributed by atoms with E-state index in [2.05, 4.69) is 17.2 Å². The van der Waals surface area contributed by atoms with Crippen LogP contribution in [0, 0.1) is 5.92 Å². The minimum absolute atomic E-state index is 0.0701. The average Bonchev–Trinajstić information content (AvgIpc) is 3.10. The Kier molecular flexibility index (Phi) is 5.72. The van der Waals surface area contributed by atoms with Crippen molar-refractivity contribution in [2.24, 2.45) is 15.9 Å². The zero-order chi connectivity index (χ0) is 21.3. The van der Waals surface area contributed by atoms with Crippen LogP contribution in [0.1, 0.15) is 31.9 Å². The third kappa shape index (κ3) is 3.89. The molecule has 6 nitrogen and oxygen atoms in total. The van der Waals surface area contributed by atoms with Gasteiger partial charge in [-0.05, 0) is 42.2 Å². The molecule has 0 saturated carbocycles. The second-order valence-electron chi connectivity index (χ2n) is 7.63. The summed E-state index contributed by atoms with van der Waals surface area (Å²) in [5.74, 6) is 0.615. The Morgan fingerprint density at radius 1 is 1.13 bits per heavy atom. The fourth-order valence-electron chi connectivity index (χ4n) is 3.62. The molecule has 0 radical (unpaired) electrons. The molecular formula is C23H24N4O2S. The largest absolute Gasteiger partial charge is 0.325 e. The highest BCUT2D eigenvalue weighted by molar-refractivity contribution is 8.14. The Morgan fingerprint density at radius 3 is 2.57 bits per heavy atom. The molecule has 154 valence electrons. The highest BCUT2D eigenvalue weighted by Gasteiger charge is 2.43. The first-order chi connectivity index (χ1) is 14.5. The highest BCUT2D eigenvalue weighted by Crippen LogP contribution is 2.35. The van der Waals surface area contributed by atoms with E-state index in [0.717, 1.165) is 23.4 Å². The smallest absolute Gasteiger partial charge is 0.271 e. The summed E-state index contributed by atoms with van der Waals surface area (Å²) < 4.78 is 0. The molecule has 0 aromatic heterocycles. The maximum absolute atomic E-state index is 12.6. The molecule has 0 aliphatic carbocycles. The van der Waals surface area contributed by atoms with Gasteiger partial charge in [0.2, 0.25) is 5.91 Å². The minimum atomic E-state index is -0.399. The van der Waals surface area contributed by atoms with Crippen LogP contribution in [0.3, 0.4) is 0 Å². The molecule has 30 heavy (non-hydrogen) atoms. The number of rotatable bonds is 5. The number of carbonyl (C=O) groups is 2. The summed E-state index contributed by atoms with van der Waals surface area (Å²) in [4.78, 5) is 36.1. The van der Waals surface area contributed by atoms with Gasteiger partial charge in [0.05, 0.1) is 11.4 Å². The Balaban J connectivity index is 1.53. The van der Waals surface area contributed by atoms with Gasteiger partial charge in [0.1, 0.15) is 11.9 Å². The van der Waals surface area contributed by atoms with Gasteiger partial charge in [0.25, 0.3) is 5.91 Å². The molecule has 0 fully saturated rings. The van der Waals surface area contributed by atoms with E-state index >= 15 is 0 Å². The SMILES string of the molecule is CCc1ccc(NC(=O)CSC2=Nc3ccccc3C3=NC(=O)C(C(C)C)N23)cc1. The van der Waals surface area contributed by atoms with Crippen LogP contribution in [0.5, 0.6) is 0 Å². The molecule has 2 heterocycles. The van der Waals surface area contributed by atoms with Crippen molar-refractivity contribution in [3.8, 4) is 0 Å². The molecule has 7 heteroatoms. The molecule has 0 saturated heterocycles. The number of thioether (sulfide) groups is 1. The summed E-state index contributed by atoms with van der Waals surface area (Å²) in [6.07, 6.45) is 0.959. The number of aryl methyl sites for hydroxylation is 1. The second-order valence-corrected chi connectivity index (χ2v) is 8.57. The Labute approximate surface area is 180 Å². The third-order valence-corrected chi connectivity index (χ3v) is 6.11. The topological polar surface area (TPSA) is 74.1 Å². The lowest BCUT2D eigenvalue weighted by Crippen LogP contribution is -2.46. The molecule has 0 spiro atoms. The lowest BCUT2D eigenvalue weighted by Gasteiger charge is -2.32. The van der Waals surface area contributed by atoms with Crippen molar-refractivity contribution in [1.82, 2.24) is 4.90 Å². The fraction of sp³-hybridized carbons (Fsp3) is 0.304. The first-order valence-corrected chi connectivity index (χ1v) is 11.1. The van der Waals surface area contributed by atoms with E-state index in [-0.39, 0.29) is 23.5 Å². The van der Waals surface area contributed by atoms with Crippen LogP contribution in [-0.2, 0) is 16.0 Å². The maximum Gasteiger partial charge on any atom is 0.271 e. The molecule has 2 aliphatic rings. The second kappa shape index (κ2) is 8.44. The number of nitrogens with one attached hydrogen (secondary N) is 1. The predicted molar refractivity (Wildman–Crippen MR) is 122 cm³/mol. The Morgan fingerprint density at radius 2 is 1.87 bits per heavy atom. The molecule has 2 aliphatic heterocycles. The Bertz CT molecular complexity index is 1040. The standard InChI is InChI=1S/C23H24N4O2S/c1-4-15-9-11-16(12-10-15)24-19(28)13-30-23-25-18-8-6-5-7-17(18)21-26-22(29)20(14(2)3)27(21)23/h5-12,14,20H,4,13H2,1-3H3,(H,24,28). The molecule has 1 N–H and O–H groups in total. The summed E-state index contributed by atoms with van der Waals surface area (Å²) in [5.41, 5.74) is 3.61. The number of benzene rings is 2. The van der Waals surface area contributed by atoms with Gasteiger partial charge in [-0.3, -0.25) is 14.5 Å². The van der Waals surface area contributed by atoms with Crippen molar-refractivity contribution in [2.45, 2.75) is 33.2 Å². The zero-order valence-electron chi connectivity index (χ0n) is 17.3. The normalized spacial score (nSPS) is 17.4. The van der Waals surface area contributed by atoms with Gasteiger partial charge in [0, 0.05) is 11.3 Å². The zero-order valence-corrected chi connectivity index (χ0v) is 18.1. The fourth-order valence-corrected chi connectivity index (χ4v) is 4.45. The average molecular weight is 421 g/mol. The van der Waals surface area contributed by atoms with Crippen LogP contribution in [0.25, 0.3) is 0 Å². The predicted octanol–water partition coefficient (Wildman–Crippen LogP) is 4.24. The summed E-state index contributed by atoms with van der Waals surface area (Å²) in [5, 5.41) is 3.56. The number of fused-ring (bicyclic) bond motifs is 3. The molecule has 2 aromatic carbocycles. The van der Waals surface area contributed by atoms with E-state index in [0.29, 0.717) is 11.0 Å². The van der Waals surface area contributed by atoms with Crippen molar-refractivity contribution in [3.63, 3.8) is 0 Å². The number of para-hydroxylation sites is 1. The van der Waals surface area contributed by atoms with E-state index in [1.54, 1.807) is 0 Å². The van der Waals surface area contributed by atoms with E-state index in [4.69, 9.17) is 4.99 Å². The van der Waals surface area contributed by atoms with Gasteiger partial charge in [-0.1, -0.05) is 56.8 Å². The van der Waals surface area contributed by atoms with Gasteiger partial charge < -0.3 is 5.32 Å². The highest BCUT2D eigenvalue weighted by atomic mass is 32.2. The lowest BCUT2D eigenvalue weighted by molar-refractivity contribution is -0.120. The molecule has 1 atom stereocenters. The van der Waals surface area contributed by atoms with Gasteiger partial charge in [-0.25, -0.2) is 4.99 Å². The quantitative estimate of drug-likeness (QED) is 0.785. The molecule has 2 aromatic rings. The molecular weight excluding hydrogens is 396 g/mol. The van der Waals surface area contributed by atoms with Crippen LogP contribution in [0.2, 0.25) is 0 Å². The summed E-state index contributed by atoms with van der Waals surface area (Å²) >= 11 is 1.33. The third-order valence-electron chi connectivity index (χ3n) is 5.15. The maximum atomic E-state index is 12.6. The van der Waals surface area contributed by atoms with Crippen LogP contribution in [0.4, 0.5) is 11.4 Å². The van der Waals surface area contributed by atoms with E-state index in [9.17, 15) is 9.59 Å². The van der Waals surface area contributed by atoms with E-state index < -0.39 is 6.04 Å². The van der Waals surface area contributed by atoms with Gasteiger partial charge in [0.15, 0.2) is 5.17 Å². The number of amidine groups is 2. The van der Waals surface area contributed by atoms with E-state index in [1.807, 2.05) is 67.3 Å². The van der Waals surface area contributed by atoms with Crippen LogP contribution >= 0.6 is 11.8 Å². The van der Waals surface area contributed by atoms with Crippen molar-refractivity contribution in [3.05, 3.63) is 59.7 Å². The van der Waals surface area contributed by atoms with Gasteiger partial charge in [-0.2, -0.15) is 4.99 Å². The van der Waals surface area contributed by atoms with E-state index in [1.165, 1.54) is 17.3 Å². The van der Waals surface area contributed by atoms with Crippen molar-refractivity contribution in [2.75, 3.05) is 11.1 Å². The van der Waals surface area contributed by atoms with Gasteiger partial charge >= 0.3 is 0 Å². The number of anilines is 1. The molecule has 4 rings (SSSR count). The number of hydrogen-bond acceptors (Lipinski definition) is 5. The van der Waals surface area contributed by atoms with Crippen molar-refractivity contribution >= 4 is 46.0 Å². The first-order valence-electron chi connectivity index (χ1n) is 10.1. The summed E-state index contributed by atoms with van der Waals surface area (Å²) in [6, 6.07) is 15.1. The van der Waals surface area contributed by atoms with Crippen LogP contribution in [0.15, 0.2) is 58.5 Å². The molecule has 1 unspecified atom stereocenters. The van der Waals surface area contributed by atoms with Crippen molar-refractivity contribution in [1.29, 1.82) is 0 Å². The molecule has 0 bridgehead atoms. The lowest BCUT2D eigenvalue weighted by atomic mass is 10.0. The van der Waals surface area contributed by atoms with Gasteiger partial charge in [-0.15, -0.1) is 0 Å². The summed E-state index contributed by atoms with van der Waals surface area (Å²) in [6.45, 7) is 6.09. The number of carbonyl (C=O) groups excluding carboxylic acids is 2. The minimum Gasteiger partial charge on any atom is -0.325 e. The number of aliphatic imine (C=N–C) groups is 2. The molecule has 2 amide bonds. The summed E-state index contributed by atoms with van der Waals surface area (Å²) in [7, 11) is 0. The first kappa shape index (κ1) is 20.3. The number of amides is 2. The van der Waals surface area contributed by atoms with Crippen LogP contribution in [-0.4, -0.2) is 39.5 Å². The number of hydrogen-bond donors (Lipinski definition) is 1.